The zero-order valence-corrected chi connectivity index (χ0v) is 10.5. The molecule has 1 aromatic carbocycles. The van der Waals surface area contributed by atoms with Gasteiger partial charge in [-0.05, 0) is 37.8 Å². The van der Waals surface area contributed by atoms with E-state index in [1.54, 1.807) is 18.2 Å². The summed E-state index contributed by atoms with van der Waals surface area (Å²) < 4.78 is 5.51. The highest BCUT2D eigenvalue weighted by Crippen LogP contribution is 2.40. The maximum Gasteiger partial charge on any atom is 0.415 e. The van der Waals surface area contributed by atoms with Gasteiger partial charge in [-0.25, -0.2) is 9.59 Å². The Labute approximate surface area is 110 Å². The van der Waals surface area contributed by atoms with Gasteiger partial charge in [-0.2, -0.15) is 0 Å². The average molecular weight is 261 g/mol. The molecule has 1 amide bonds. The summed E-state index contributed by atoms with van der Waals surface area (Å²) in [5.74, 6) is -1.03. The van der Waals surface area contributed by atoms with Gasteiger partial charge in [-0.1, -0.05) is 12.1 Å². The van der Waals surface area contributed by atoms with Crippen LogP contribution < -0.4 is 4.90 Å². The van der Waals surface area contributed by atoms with Crippen molar-refractivity contribution < 1.29 is 19.4 Å². The second-order valence-electron chi connectivity index (χ2n) is 5.17. The van der Waals surface area contributed by atoms with Crippen molar-refractivity contribution in [3.05, 3.63) is 29.8 Å². The number of benzene rings is 1. The van der Waals surface area contributed by atoms with Crippen LogP contribution in [-0.2, 0) is 4.74 Å². The van der Waals surface area contributed by atoms with Crippen molar-refractivity contribution in [2.75, 3.05) is 11.4 Å². The van der Waals surface area contributed by atoms with Gasteiger partial charge in [-0.3, -0.25) is 4.90 Å². The fourth-order valence-electron chi connectivity index (χ4n) is 2.98. The zero-order chi connectivity index (χ0) is 13.5. The molecule has 1 aliphatic heterocycles. The molecule has 5 nitrogen and oxygen atoms in total. The number of aromatic carboxylic acids is 1. The lowest BCUT2D eigenvalue weighted by Crippen LogP contribution is -2.32. The number of rotatable bonds is 2. The van der Waals surface area contributed by atoms with Gasteiger partial charge < -0.3 is 9.84 Å². The molecule has 2 aliphatic rings. The summed E-state index contributed by atoms with van der Waals surface area (Å²) in [6.07, 6.45) is 3.41. The van der Waals surface area contributed by atoms with Gasteiger partial charge in [0.2, 0.25) is 0 Å². The molecule has 1 N–H and O–H groups in total. The van der Waals surface area contributed by atoms with Crippen LogP contribution in [0.15, 0.2) is 24.3 Å². The fourth-order valence-corrected chi connectivity index (χ4v) is 2.98. The summed E-state index contributed by atoms with van der Waals surface area (Å²) in [4.78, 5) is 24.7. The summed E-state index contributed by atoms with van der Waals surface area (Å²) in [6.45, 7) is 0.454. The Bertz CT molecular complexity index is 534. The molecule has 1 saturated heterocycles. The first kappa shape index (κ1) is 12.0. The number of para-hydroxylation sites is 1. The maximum atomic E-state index is 12.0. The summed E-state index contributed by atoms with van der Waals surface area (Å²) in [5, 5.41) is 9.19. The van der Waals surface area contributed by atoms with Gasteiger partial charge >= 0.3 is 12.1 Å². The Morgan fingerprint density at radius 1 is 1.26 bits per heavy atom. The van der Waals surface area contributed by atoms with Gasteiger partial charge in [0.25, 0.3) is 0 Å². The van der Waals surface area contributed by atoms with Gasteiger partial charge in [0, 0.05) is 0 Å². The van der Waals surface area contributed by atoms with Gasteiger partial charge in [-0.15, -0.1) is 0 Å². The molecule has 0 aromatic heterocycles. The van der Waals surface area contributed by atoms with Crippen LogP contribution in [0.5, 0.6) is 0 Å². The summed E-state index contributed by atoms with van der Waals surface area (Å²) in [6, 6.07) is 6.54. The number of carboxylic acids is 1. The molecule has 1 aliphatic carbocycles. The molecule has 100 valence electrons. The zero-order valence-electron chi connectivity index (χ0n) is 10.5. The average Bonchev–Trinajstić information content (AvgIpc) is 2.97. The molecule has 0 bridgehead atoms. The van der Waals surface area contributed by atoms with Crippen molar-refractivity contribution in [2.24, 2.45) is 0 Å². The Hall–Kier alpha value is -2.04. The summed E-state index contributed by atoms with van der Waals surface area (Å²) in [7, 11) is 0. The Morgan fingerprint density at radius 2 is 1.95 bits per heavy atom. The number of hydrogen-bond donors (Lipinski definition) is 1. The van der Waals surface area contributed by atoms with Crippen LogP contribution in [0.1, 0.15) is 36.0 Å². The van der Waals surface area contributed by atoms with Gasteiger partial charge in [0.1, 0.15) is 5.60 Å². The molecule has 19 heavy (non-hydrogen) atoms. The number of hydrogen-bond acceptors (Lipinski definition) is 3. The van der Waals surface area contributed by atoms with Crippen molar-refractivity contribution in [2.45, 2.75) is 31.3 Å². The number of carboxylic acid groups (broad SMARTS) is 1. The second kappa shape index (κ2) is 4.26. The number of carbonyl (C=O) groups is 2. The molecule has 2 fully saturated rings. The van der Waals surface area contributed by atoms with E-state index in [0.29, 0.717) is 12.2 Å². The Morgan fingerprint density at radius 3 is 2.63 bits per heavy atom. The molecular weight excluding hydrogens is 246 g/mol. The lowest BCUT2D eigenvalue weighted by molar-refractivity contribution is 0.0628. The minimum Gasteiger partial charge on any atom is -0.478 e. The molecule has 5 heteroatoms. The van der Waals surface area contributed by atoms with Crippen LogP contribution in [0.4, 0.5) is 10.5 Å². The lowest BCUT2D eigenvalue weighted by atomic mass is 10.0. The van der Waals surface area contributed by atoms with Crippen molar-refractivity contribution in [1.82, 2.24) is 0 Å². The predicted octanol–water partition coefficient (Wildman–Crippen LogP) is 2.65. The SMILES string of the molecule is O=C(O)c1ccccc1N1CC2(CCCC2)OC1=O. The fraction of sp³-hybridized carbons (Fsp3) is 0.429. The van der Waals surface area contributed by atoms with Crippen LogP contribution in [0.25, 0.3) is 0 Å². The van der Waals surface area contributed by atoms with Gasteiger partial charge in [0.05, 0.1) is 17.8 Å². The second-order valence-corrected chi connectivity index (χ2v) is 5.17. The first-order valence-corrected chi connectivity index (χ1v) is 6.44. The third-order valence-corrected chi connectivity index (χ3v) is 3.91. The third kappa shape index (κ3) is 1.95. The normalized spacial score (nSPS) is 20.8. The number of anilines is 1. The highest BCUT2D eigenvalue weighted by atomic mass is 16.6. The van der Waals surface area contributed by atoms with E-state index in [1.165, 1.54) is 11.0 Å². The monoisotopic (exact) mass is 261 g/mol. The largest absolute Gasteiger partial charge is 0.478 e. The molecule has 1 heterocycles. The van der Waals surface area contributed by atoms with E-state index in [9.17, 15) is 14.7 Å². The van der Waals surface area contributed by atoms with Crippen LogP contribution in [0.2, 0.25) is 0 Å². The topological polar surface area (TPSA) is 66.8 Å². The lowest BCUT2D eigenvalue weighted by Gasteiger charge is -2.20. The van der Waals surface area contributed by atoms with Crippen molar-refractivity contribution >= 4 is 17.7 Å². The van der Waals surface area contributed by atoms with Crippen LogP contribution in [0.3, 0.4) is 0 Å². The Balaban J connectivity index is 1.95. The van der Waals surface area contributed by atoms with Crippen molar-refractivity contribution in [1.29, 1.82) is 0 Å². The summed E-state index contributed by atoms with van der Waals surface area (Å²) in [5.41, 5.74) is 0.154. The quantitative estimate of drug-likeness (QED) is 0.888. The Kier molecular flexibility index (Phi) is 2.69. The maximum absolute atomic E-state index is 12.0. The standard InChI is InChI=1S/C14H15NO4/c16-12(17)10-5-1-2-6-11(10)15-9-14(19-13(15)18)7-3-4-8-14/h1-2,5-6H,3-4,7-9H2,(H,16,17). The highest BCUT2D eigenvalue weighted by Gasteiger charge is 2.47. The molecule has 1 aromatic rings. The smallest absolute Gasteiger partial charge is 0.415 e. The van der Waals surface area contributed by atoms with E-state index in [0.717, 1.165) is 25.7 Å². The number of nitrogens with zero attached hydrogens (tertiary/aromatic N) is 1. The third-order valence-electron chi connectivity index (χ3n) is 3.91. The molecule has 0 atom stereocenters. The molecule has 1 saturated carbocycles. The minimum absolute atomic E-state index is 0.134. The predicted molar refractivity (Wildman–Crippen MR) is 68.4 cm³/mol. The van der Waals surface area contributed by atoms with Gasteiger partial charge in [0.15, 0.2) is 0 Å². The number of amides is 1. The molecule has 3 rings (SSSR count). The summed E-state index contributed by atoms with van der Waals surface area (Å²) >= 11 is 0. The van der Waals surface area contributed by atoms with E-state index in [1.807, 2.05) is 0 Å². The number of ether oxygens (including phenoxy) is 1. The first-order chi connectivity index (χ1) is 9.11. The molecule has 0 unspecified atom stereocenters. The minimum atomic E-state index is -1.03. The van der Waals surface area contributed by atoms with Crippen LogP contribution in [-0.4, -0.2) is 29.3 Å². The van der Waals surface area contributed by atoms with Crippen molar-refractivity contribution in [3.8, 4) is 0 Å². The van der Waals surface area contributed by atoms with Crippen molar-refractivity contribution in [3.63, 3.8) is 0 Å². The highest BCUT2D eigenvalue weighted by molar-refractivity contribution is 6.00. The van der Waals surface area contributed by atoms with E-state index in [-0.39, 0.29) is 5.56 Å². The van der Waals surface area contributed by atoms with Crippen LogP contribution >= 0.6 is 0 Å². The molecular formula is C14H15NO4. The van der Waals surface area contributed by atoms with E-state index < -0.39 is 17.7 Å². The van der Waals surface area contributed by atoms with E-state index in [2.05, 4.69) is 0 Å². The first-order valence-electron chi connectivity index (χ1n) is 6.44. The molecule has 1 spiro atoms. The van der Waals surface area contributed by atoms with Crippen LogP contribution in [0, 0.1) is 0 Å². The number of carbonyl (C=O) groups excluding carboxylic acids is 1. The molecule has 0 radical (unpaired) electrons. The van der Waals surface area contributed by atoms with E-state index in [4.69, 9.17) is 4.74 Å². The van der Waals surface area contributed by atoms with E-state index >= 15 is 0 Å².